The fraction of sp³-hybridized carbons (Fsp3) is 0.0286. The maximum Gasteiger partial charge on any atom is 0.636 e. The molecule has 0 aromatic heterocycles. The summed E-state index contributed by atoms with van der Waals surface area (Å²) in [5.74, 6) is -87.2. The molecule has 6 aromatic rings. The van der Waals surface area contributed by atoms with Gasteiger partial charge in [-0.25, -0.2) is 92.2 Å². The summed E-state index contributed by atoms with van der Waals surface area (Å²) in [6, 6.07) is 0. The van der Waals surface area contributed by atoms with Crippen LogP contribution in [0, 0.1) is 134 Å². The fourth-order valence-electron chi connectivity index (χ4n) is 6.45. The molecular weight excluding hydrogens is 938 g/mol. The second-order valence-corrected chi connectivity index (χ2v) is 12.4. The van der Waals surface area contributed by atoms with Crippen molar-refractivity contribution in [2.75, 3.05) is 0 Å². The molecule has 0 atom stereocenters. The topological polar surface area (TPSA) is 18.5 Å². The van der Waals surface area contributed by atoms with Crippen molar-refractivity contribution in [3.8, 4) is 33.8 Å². The normalized spacial score (nSPS) is 13.0. The molecule has 0 spiro atoms. The fourth-order valence-corrected chi connectivity index (χ4v) is 6.45. The smallest absolute Gasteiger partial charge is 0.519 e. The number of alkyl halides is 2. The summed E-state index contributed by atoms with van der Waals surface area (Å²) in [6.45, 7) is 0. The van der Waals surface area contributed by atoms with Crippen molar-refractivity contribution >= 4 is 23.4 Å². The van der Waals surface area contributed by atoms with Gasteiger partial charge in [-0.1, -0.05) is 0 Å². The Balaban J connectivity index is 1.69. The Morgan fingerprint density at radius 2 is 0.556 bits per heavy atom. The van der Waals surface area contributed by atoms with E-state index in [1.165, 1.54) is 0 Å². The molecular formula is C35BF25O2. The zero-order valence-electron chi connectivity index (χ0n) is 28.3. The Morgan fingerprint density at radius 1 is 0.254 bits per heavy atom. The number of rotatable bonds is 6. The van der Waals surface area contributed by atoms with Crippen LogP contribution in [-0.4, -0.2) is 7.12 Å². The maximum atomic E-state index is 16.3. The molecule has 0 amide bonds. The van der Waals surface area contributed by atoms with Crippen LogP contribution in [-0.2, 0) is 5.92 Å². The summed E-state index contributed by atoms with van der Waals surface area (Å²) < 4.78 is 384. The molecule has 0 bridgehead atoms. The zero-order chi connectivity index (χ0) is 47.1. The number of benzene rings is 6. The van der Waals surface area contributed by atoms with E-state index in [2.05, 4.69) is 9.31 Å². The van der Waals surface area contributed by atoms with E-state index in [0.29, 0.717) is 0 Å². The van der Waals surface area contributed by atoms with E-state index < -0.39 is 208 Å². The largest absolute Gasteiger partial charge is 0.636 e. The monoisotopic (exact) mass is 938 g/mol. The van der Waals surface area contributed by atoms with Crippen molar-refractivity contribution in [2.24, 2.45) is 0 Å². The van der Waals surface area contributed by atoms with Crippen molar-refractivity contribution in [1.82, 2.24) is 0 Å². The summed E-state index contributed by atoms with van der Waals surface area (Å²) >= 11 is 0. The maximum absolute atomic E-state index is 16.3. The van der Waals surface area contributed by atoms with Gasteiger partial charge in [-0.05, 0) is 0 Å². The van der Waals surface area contributed by atoms with Crippen molar-refractivity contribution in [2.45, 2.75) is 5.92 Å². The molecule has 63 heavy (non-hydrogen) atoms. The molecule has 0 N–H and O–H groups in total. The first-order chi connectivity index (χ1) is 29.2. The van der Waals surface area contributed by atoms with Crippen LogP contribution >= 0.6 is 0 Å². The van der Waals surface area contributed by atoms with E-state index in [-0.39, 0.29) is 0 Å². The first-order valence-corrected chi connectivity index (χ1v) is 15.6. The standard InChI is InChI=1S/C35BF25O2/c37-10-1-2-8(18(45)28(55)21(48)11(2)38)35(60,61)7(1)9(19(46)20(10)47)36(62-33-6-4(15(42)27(54)31(33)58)12(39)22(49)25(52)16(6)43)63-34-5(17(44)26(53)30(57)32(34)59)3-13(40)23(50)29(56)24(51)14(3)41. The van der Waals surface area contributed by atoms with E-state index >= 15 is 52.7 Å². The summed E-state index contributed by atoms with van der Waals surface area (Å²) in [6.07, 6.45) is 0. The van der Waals surface area contributed by atoms with Crippen molar-refractivity contribution in [3.05, 3.63) is 145 Å². The van der Waals surface area contributed by atoms with Gasteiger partial charge in [0.1, 0.15) is 0 Å². The van der Waals surface area contributed by atoms with Crippen LogP contribution in [0.5, 0.6) is 11.5 Å². The van der Waals surface area contributed by atoms with Gasteiger partial charge in [0.15, 0.2) is 122 Å². The quantitative estimate of drug-likeness (QED) is 0.0717. The molecule has 0 fully saturated rings. The number of hydrogen-bond donors (Lipinski definition) is 0. The Labute approximate surface area is 327 Å². The number of fused-ring (bicyclic) bond motifs is 4. The third kappa shape index (κ3) is 5.80. The average Bonchev–Trinajstić information content (AvgIpc) is 3.49. The van der Waals surface area contributed by atoms with Crippen LogP contribution in [0.3, 0.4) is 0 Å². The summed E-state index contributed by atoms with van der Waals surface area (Å²) in [5, 5.41) is -5.36. The van der Waals surface area contributed by atoms with Crippen LogP contribution in [0.15, 0.2) is 0 Å². The summed E-state index contributed by atoms with van der Waals surface area (Å²) in [5.41, 5.74) is -20.6. The Hall–Kier alpha value is -6.51. The molecule has 330 valence electrons. The van der Waals surface area contributed by atoms with Gasteiger partial charge in [0, 0.05) is 16.7 Å². The third-order valence-electron chi connectivity index (χ3n) is 9.17. The number of halogens is 25. The Kier molecular flexibility index (Phi) is 10.3. The summed E-state index contributed by atoms with van der Waals surface area (Å²) in [4.78, 5) is 0. The predicted molar refractivity (Wildman–Crippen MR) is 156 cm³/mol. The van der Waals surface area contributed by atoms with E-state index in [1.54, 1.807) is 0 Å². The molecule has 1 aliphatic carbocycles. The van der Waals surface area contributed by atoms with Gasteiger partial charge in [0.05, 0.1) is 32.9 Å². The Morgan fingerprint density at radius 3 is 1.05 bits per heavy atom. The average molecular weight is 938 g/mol. The van der Waals surface area contributed by atoms with Gasteiger partial charge in [0.2, 0.25) is 23.3 Å². The van der Waals surface area contributed by atoms with Gasteiger partial charge in [0.25, 0.3) is 0 Å². The molecule has 0 radical (unpaired) electrons. The van der Waals surface area contributed by atoms with E-state index in [4.69, 9.17) is 0 Å². The molecule has 28 heteroatoms. The SMILES string of the molecule is Fc1c(F)c(F)c(-c2c(F)c(F)c(F)c(F)c2OB(Oc2c(F)c(F)c(F)c3c(F)c(F)c(F)c(F)c23)c2c(F)c(F)c(F)c3c2C(F)(F)c2c(F)c(F)c(F)c(F)c2-3)c(F)c1F. The first-order valence-electron chi connectivity index (χ1n) is 15.6. The van der Waals surface area contributed by atoms with Gasteiger partial charge >= 0.3 is 13.0 Å². The molecule has 0 heterocycles. The van der Waals surface area contributed by atoms with Crippen LogP contribution < -0.4 is 14.8 Å². The van der Waals surface area contributed by atoms with Crippen LogP contribution in [0.4, 0.5) is 110 Å². The molecule has 0 unspecified atom stereocenters. The lowest BCUT2D eigenvalue weighted by molar-refractivity contribution is 0.0433. The minimum atomic E-state index is -6.02. The van der Waals surface area contributed by atoms with Gasteiger partial charge in [-0.3, -0.25) is 0 Å². The molecule has 2 nitrogen and oxygen atoms in total. The molecule has 0 aliphatic heterocycles. The minimum absolute atomic E-state index is 2.63. The molecule has 0 saturated heterocycles. The third-order valence-corrected chi connectivity index (χ3v) is 9.17. The van der Waals surface area contributed by atoms with Crippen molar-refractivity contribution < 1.29 is 119 Å². The van der Waals surface area contributed by atoms with Crippen molar-refractivity contribution in [3.63, 3.8) is 0 Å². The van der Waals surface area contributed by atoms with Gasteiger partial charge < -0.3 is 9.31 Å². The highest BCUT2D eigenvalue weighted by Crippen LogP contribution is 2.55. The van der Waals surface area contributed by atoms with E-state index in [1.807, 2.05) is 0 Å². The predicted octanol–water partition coefficient (Wildman–Crippen LogP) is 11.7. The van der Waals surface area contributed by atoms with Gasteiger partial charge in [-0.2, -0.15) is 17.6 Å². The zero-order valence-corrected chi connectivity index (χ0v) is 28.3. The second-order valence-electron chi connectivity index (χ2n) is 12.4. The van der Waals surface area contributed by atoms with Crippen LogP contribution in [0.1, 0.15) is 11.1 Å². The Bertz CT molecular complexity index is 3060. The molecule has 6 aromatic carbocycles. The lowest BCUT2D eigenvalue weighted by Gasteiger charge is -2.25. The highest BCUT2D eigenvalue weighted by Gasteiger charge is 2.58. The highest BCUT2D eigenvalue weighted by atomic mass is 19.3. The van der Waals surface area contributed by atoms with Crippen LogP contribution in [0.2, 0.25) is 0 Å². The van der Waals surface area contributed by atoms with Crippen LogP contribution in [0.25, 0.3) is 33.0 Å². The summed E-state index contributed by atoms with van der Waals surface area (Å²) in [7, 11) is -4.70. The minimum Gasteiger partial charge on any atom is -0.519 e. The van der Waals surface area contributed by atoms with E-state index in [0.717, 1.165) is 0 Å². The second kappa shape index (κ2) is 14.5. The number of hydrogen-bond acceptors (Lipinski definition) is 2. The van der Waals surface area contributed by atoms with Gasteiger partial charge in [-0.15, -0.1) is 0 Å². The highest BCUT2D eigenvalue weighted by molar-refractivity contribution is 6.64. The molecule has 7 rings (SSSR count). The lowest BCUT2D eigenvalue weighted by atomic mass is 9.72. The molecule has 0 saturated carbocycles. The lowest BCUT2D eigenvalue weighted by Crippen LogP contribution is -2.49. The first kappa shape index (κ1) is 44.5. The molecule has 1 aliphatic rings. The van der Waals surface area contributed by atoms with Crippen molar-refractivity contribution in [1.29, 1.82) is 0 Å². The van der Waals surface area contributed by atoms with E-state index in [9.17, 15) is 57.1 Å².